The van der Waals surface area contributed by atoms with Gasteiger partial charge in [0, 0.05) is 10.0 Å². The van der Waals surface area contributed by atoms with Gasteiger partial charge in [-0.2, -0.15) is 0 Å². The van der Waals surface area contributed by atoms with Gasteiger partial charge in [0.2, 0.25) is 10.0 Å². The molecule has 19 heavy (non-hydrogen) atoms. The lowest BCUT2D eigenvalue weighted by atomic mass is 10.3. The molecule has 1 aromatic rings. The van der Waals surface area contributed by atoms with Crippen molar-refractivity contribution >= 4 is 45.6 Å². The minimum absolute atomic E-state index is 0. The molecular weight excluding hydrogens is 345 g/mol. The Bertz CT molecular complexity index is 520. The lowest BCUT2D eigenvalue weighted by molar-refractivity contribution is 0.0170. The van der Waals surface area contributed by atoms with Gasteiger partial charge in [0.05, 0.1) is 18.0 Å². The second-order valence-corrected chi connectivity index (χ2v) is 6.13. The largest absolute Gasteiger partial charge is 0.325 e. The third-order valence-electron chi connectivity index (χ3n) is 1.97. The number of hydrogen-bond donors (Lipinski definition) is 2. The third kappa shape index (κ3) is 5.76. The average Bonchev–Trinajstić information content (AvgIpc) is 2.25. The van der Waals surface area contributed by atoms with Crippen LogP contribution in [0.2, 0.25) is 10.0 Å². The smallest absolute Gasteiger partial charge is 0.273 e. The standard InChI is InChI=1S/C9H10Cl2F2N2O2S.ClH/c10-6-1-7(11)3-8(2-6)18(16,17)15-5-9(12,13)4-14;/h1-3,15H,4-5,14H2;1H. The Morgan fingerprint density at radius 2 is 1.68 bits per heavy atom. The fourth-order valence-electron chi connectivity index (χ4n) is 1.04. The van der Waals surface area contributed by atoms with Gasteiger partial charge >= 0.3 is 0 Å². The number of sulfonamides is 1. The van der Waals surface area contributed by atoms with Crippen LogP contribution >= 0.6 is 35.6 Å². The molecule has 4 nitrogen and oxygen atoms in total. The second-order valence-electron chi connectivity index (χ2n) is 3.49. The van der Waals surface area contributed by atoms with Crippen molar-refractivity contribution in [2.75, 3.05) is 13.1 Å². The Labute approximate surface area is 125 Å². The van der Waals surface area contributed by atoms with Crippen LogP contribution in [0, 0.1) is 0 Å². The number of rotatable bonds is 5. The molecule has 0 aliphatic carbocycles. The minimum atomic E-state index is -4.10. The van der Waals surface area contributed by atoms with Gasteiger partial charge in [-0.1, -0.05) is 23.2 Å². The zero-order valence-corrected chi connectivity index (χ0v) is 12.5. The van der Waals surface area contributed by atoms with Gasteiger partial charge in [-0.25, -0.2) is 21.9 Å². The van der Waals surface area contributed by atoms with Gasteiger partial charge in [-0.05, 0) is 18.2 Å². The number of nitrogens with one attached hydrogen (secondary N) is 1. The molecule has 0 saturated heterocycles. The van der Waals surface area contributed by atoms with E-state index in [-0.39, 0.29) is 27.3 Å². The van der Waals surface area contributed by atoms with Crippen LogP contribution < -0.4 is 10.5 Å². The third-order valence-corrected chi connectivity index (χ3v) is 3.78. The first-order valence-electron chi connectivity index (χ1n) is 4.70. The summed E-state index contributed by atoms with van der Waals surface area (Å²) in [6.45, 7) is -2.04. The van der Waals surface area contributed by atoms with Crippen molar-refractivity contribution in [3.63, 3.8) is 0 Å². The van der Waals surface area contributed by atoms with E-state index in [1.807, 2.05) is 0 Å². The molecular formula is C9H11Cl3F2N2O2S. The number of nitrogens with two attached hydrogens (primary N) is 1. The molecule has 0 fully saturated rings. The van der Waals surface area contributed by atoms with E-state index in [4.69, 9.17) is 28.9 Å². The quantitative estimate of drug-likeness (QED) is 0.851. The van der Waals surface area contributed by atoms with Crippen LogP contribution in [0.4, 0.5) is 8.78 Å². The maximum atomic E-state index is 12.9. The highest BCUT2D eigenvalue weighted by Crippen LogP contribution is 2.22. The zero-order valence-electron chi connectivity index (χ0n) is 9.37. The summed E-state index contributed by atoms with van der Waals surface area (Å²) in [5, 5.41) is 0.182. The SMILES string of the molecule is Cl.NCC(F)(F)CNS(=O)(=O)c1cc(Cl)cc(Cl)c1. The van der Waals surface area contributed by atoms with Crippen LogP contribution in [0.1, 0.15) is 0 Å². The monoisotopic (exact) mass is 354 g/mol. The van der Waals surface area contributed by atoms with E-state index in [2.05, 4.69) is 0 Å². The van der Waals surface area contributed by atoms with Crippen LogP contribution in [0.5, 0.6) is 0 Å². The molecule has 0 spiro atoms. The maximum Gasteiger partial charge on any atom is 0.273 e. The summed E-state index contributed by atoms with van der Waals surface area (Å²) in [6.07, 6.45) is 0. The van der Waals surface area contributed by atoms with Crippen LogP contribution in [-0.2, 0) is 10.0 Å². The van der Waals surface area contributed by atoms with E-state index in [0.717, 1.165) is 12.1 Å². The highest BCUT2D eigenvalue weighted by molar-refractivity contribution is 7.89. The Morgan fingerprint density at radius 1 is 1.21 bits per heavy atom. The number of alkyl halides is 2. The first-order valence-corrected chi connectivity index (χ1v) is 6.94. The fourth-order valence-corrected chi connectivity index (χ4v) is 2.83. The number of hydrogen-bond acceptors (Lipinski definition) is 3. The van der Waals surface area contributed by atoms with E-state index in [1.54, 1.807) is 4.72 Å². The van der Waals surface area contributed by atoms with Crippen molar-refractivity contribution in [2.24, 2.45) is 5.73 Å². The van der Waals surface area contributed by atoms with Crippen molar-refractivity contribution in [2.45, 2.75) is 10.8 Å². The second kappa shape index (κ2) is 7.01. The summed E-state index contributed by atoms with van der Waals surface area (Å²) in [4.78, 5) is -0.284. The minimum Gasteiger partial charge on any atom is -0.325 e. The molecule has 0 amide bonds. The molecule has 0 atom stereocenters. The lowest BCUT2D eigenvalue weighted by Crippen LogP contribution is -2.41. The van der Waals surface area contributed by atoms with Gasteiger partial charge in [0.25, 0.3) is 5.92 Å². The molecule has 0 radical (unpaired) electrons. The fraction of sp³-hybridized carbons (Fsp3) is 0.333. The molecule has 1 aromatic carbocycles. The van der Waals surface area contributed by atoms with Crippen LogP contribution in [0.15, 0.2) is 23.1 Å². The predicted octanol–water partition coefficient (Wildman–Crippen LogP) is 2.29. The first kappa shape index (κ1) is 18.8. The average molecular weight is 356 g/mol. The normalized spacial score (nSPS) is 12.1. The van der Waals surface area contributed by atoms with Crippen molar-refractivity contribution in [1.29, 1.82) is 0 Å². The Balaban J connectivity index is 0.00000324. The number of halogens is 5. The summed E-state index contributed by atoms with van der Waals surface area (Å²) in [6, 6.07) is 3.54. The highest BCUT2D eigenvalue weighted by atomic mass is 35.5. The highest BCUT2D eigenvalue weighted by Gasteiger charge is 2.29. The Hall–Kier alpha value is -0.180. The Kier molecular flexibility index (Phi) is 6.94. The molecule has 1 rings (SSSR count). The van der Waals surface area contributed by atoms with Crippen LogP contribution in [0.3, 0.4) is 0 Å². The van der Waals surface area contributed by atoms with E-state index < -0.39 is 29.0 Å². The number of benzene rings is 1. The van der Waals surface area contributed by atoms with Crippen molar-refractivity contribution in [3.05, 3.63) is 28.2 Å². The molecule has 0 aliphatic heterocycles. The molecule has 0 aliphatic rings. The summed E-state index contributed by atoms with van der Waals surface area (Å²) < 4.78 is 50.8. The molecule has 0 aromatic heterocycles. The molecule has 3 N–H and O–H groups in total. The topological polar surface area (TPSA) is 72.2 Å². The molecule has 0 heterocycles. The van der Waals surface area contributed by atoms with Crippen molar-refractivity contribution < 1.29 is 17.2 Å². The molecule has 110 valence electrons. The summed E-state index contributed by atoms with van der Waals surface area (Å²) in [7, 11) is -4.10. The first-order chi connectivity index (χ1) is 8.16. The lowest BCUT2D eigenvalue weighted by Gasteiger charge is -2.14. The van der Waals surface area contributed by atoms with Gasteiger partial charge < -0.3 is 5.73 Å². The van der Waals surface area contributed by atoms with E-state index >= 15 is 0 Å². The summed E-state index contributed by atoms with van der Waals surface area (Å²) in [5.41, 5.74) is 4.80. The van der Waals surface area contributed by atoms with Gasteiger partial charge in [-0.15, -0.1) is 12.4 Å². The maximum absolute atomic E-state index is 12.9. The van der Waals surface area contributed by atoms with Crippen LogP contribution in [0.25, 0.3) is 0 Å². The summed E-state index contributed by atoms with van der Waals surface area (Å²) >= 11 is 11.3. The van der Waals surface area contributed by atoms with Gasteiger partial charge in [-0.3, -0.25) is 0 Å². The molecule has 0 saturated carbocycles. The zero-order chi connectivity index (χ0) is 14.0. The van der Waals surface area contributed by atoms with Gasteiger partial charge in [0.15, 0.2) is 0 Å². The van der Waals surface area contributed by atoms with Crippen molar-refractivity contribution in [1.82, 2.24) is 4.72 Å². The van der Waals surface area contributed by atoms with E-state index in [1.165, 1.54) is 6.07 Å². The summed E-state index contributed by atoms with van der Waals surface area (Å²) in [5.74, 6) is -3.31. The predicted molar refractivity (Wildman–Crippen MR) is 72.9 cm³/mol. The molecule has 0 bridgehead atoms. The van der Waals surface area contributed by atoms with E-state index in [0.29, 0.717) is 0 Å². The van der Waals surface area contributed by atoms with E-state index in [9.17, 15) is 17.2 Å². The molecule has 0 unspecified atom stereocenters. The molecule has 10 heteroatoms. The van der Waals surface area contributed by atoms with Crippen molar-refractivity contribution in [3.8, 4) is 0 Å². The van der Waals surface area contributed by atoms with Gasteiger partial charge in [0.1, 0.15) is 0 Å². The Morgan fingerprint density at radius 3 is 2.11 bits per heavy atom. The van der Waals surface area contributed by atoms with Crippen LogP contribution in [-0.4, -0.2) is 27.4 Å².